The van der Waals surface area contributed by atoms with E-state index in [4.69, 9.17) is 0 Å². The summed E-state index contributed by atoms with van der Waals surface area (Å²) in [7, 11) is 1.89. The third-order valence-corrected chi connectivity index (χ3v) is 6.30. The summed E-state index contributed by atoms with van der Waals surface area (Å²) in [6.07, 6.45) is 8.65. The van der Waals surface area contributed by atoms with Crippen LogP contribution in [0.15, 0.2) is 4.99 Å². The molecule has 2 N–H and O–H groups in total. The molecule has 2 aliphatic carbocycles. The number of amides is 1. The Hall–Kier alpha value is -1.26. The van der Waals surface area contributed by atoms with Gasteiger partial charge < -0.3 is 15.5 Å². The highest BCUT2D eigenvalue weighted by Gasteiger charge is 2.53. The molecule has 22 heavy (non-hydrogen) atoms. The zero-order chi connectivity index (χ0) is 15.2. The minimum atomic E-state index is 0.140. The van der Waals surface area contributed by atoms with Crippen molar-refractivity contribution >= 4 is 11.9 Å². The topological polar surface area (TPSA) is 56.7 Å². The summed E-state index contributed by atoms with van der Waals surface area (Å²) in [4.78, 5) is 18.5. The normalized spacial score (nSPS) is 34.0. The van der Waals surface area contributed by atoms with Gasteiger partial charge in [-0.15, -0.1) is 0 Å². The summed E-state index contributed by atoms with van der Waals surface area (Å²) < 4.78 is 0. The third-order valence-electron chi connectivity index (χ3n) is 6.30. The van der Waals surface area contributed by atoms with Crippen molar-refractivity contribution in [2.45, 2.75) is 44.9 Å². The predicted octanol–water partition coefficient (Wildman–Crippen LogP) is 1.35. The molecule has 0 aromatic carbocycles. The van der Waals surface area contributed by atoms with Crippen LogP contribution < -0.4 is 10.6 Å². The molecular formula is C17H28N4O. The quantitative estimate of drug-likeness (QED) is 0.611. The molecule has 0 bridgehead atoms. The van der Waals surface area contributed by atoms with Gasteiger partial charge in [0, 0.05) is 45.1 Å². The first-order valence-electron chi connectivity index (χ1n) is 8.87. The lowest BCUT2D eigenvalue weighted by Gasteiger charge is -2.41. The molecule has 2 saturated carbocycles. The standard InChI is InChI=1S/C17H28N4O/c1-18-15(20-11-17(6-7-17)13-3-4-13)21-8-2-5-16(12-21)9-14(22)19-10-16/h13H,2-12H2,1H3,(H,18,20)(H,19,22). The van der Waals surface area contributed by atoms with Crippen molar-refractivity contribution < 1.29 is 4.79 Å². The molecule has 0 aromatic rings. The Balaban J connectivity index is 1.37. The van der Waals surface area contributed by atoms with E-state index < -0.39 is 0 Å². The zero-order valence-electron chi connectivity index (χ0n) is 13.7. The number of carbonyl (C=O) groups is 1. The lowest BCUT2D eigenvalue weighted by molar-refractivity contribution is -0.119. The van der Waals surface area contributed by atoms with E-state index in [9.17, 15) is 4.79 Å². The fourth-order valence-corrected chi connectivity index (χ4v) is 4.60. The van der Waals surface area contributed by atoms with Crippen molar-refractivity contribution in [3.05, 3.63) is 0 Å². The maximum atomic E-state index is 11.6. The first kappa shape index (κ1) is 14.3. The van der Waals surface area contributed by atoms with Crippen molar-refractivity contribution in [2.75, 3.05) is 33.2 Å². The molecule has 4 aliphatic rings. The van der Waals surface area contributed by atoms with Gasteiger partial charge in [-0.2, -0.15) is 0 Å². The molecule has 4 rings (SSSR count). The second-order valence-electron chi connectivity index (χ2n) is 8.02. The molecule has 2 heterocycles. The number of nitrogens with zero attached hydrogens (tertiary/aromatic N) is 2. The highest BCUT2D eigenvalue weighted by molar-refractivity contribution is 5.81. The first-order valence-corrected chi connectivity index (χ1v) is 8.87. The molecule has 5 nitrogen and oxygen atoms in total. The third kappa shape index (κ3) is 2.59. The SMILES string of the molecule is CN=C(NCC1(C2CC2)CC1)N1CCCC2(CNC(=O)C2)C1. The van der Waals surface area contributed by atoms with E-state index in [1.165, 1.54) is 25.7 Å². The molecule has 2 aliphatic heterocycles. The second-order valence-corrected chi connectivity index (χ2v) is 8.02. The number of aliphatic imine (C=N–C) groups is 1. The van der Waals surface area contributed by atoms with Crippen molar-refractivity contribution in [2.24, 2.45) is 21.7 Å². The Labute approximate surface area is 132 Å². The summed E-state index contributed by atoms with van der Waals surface area (Å²) in [5.74, 6) is 2.24. The number of likely N-dealkylation sites (tertiary alicyclic amines) is 1. The maximum Gasteiger partial charge on any atom is 0.220 e. The van der Waals surface area contributed by atoms with Crippen molar-refractivity contribution in [3.63, 3.8) is 0 Å². The Morgan fingerprint density at radius 3 is 2.82 bits per heavy atom. The Kier molecular flexibility index (Phi) is 3.35. The highest BCUT2D eigenvalue weighted by Crippen LogP contribution is 2.60. The minimum Gasteiger partial charge on any atom is -0.356 e. The maximum absolute atomic E-state index is 11.6. The van der Waals surface area contributed by atoms with Crippen LogP contribution in [0.5, 0.6) is 0 Å². The first-order chi connectivity index (χ1) is 10.6. The van der Waals surface area contributed by atoms with Gasteiger partial charge in [0.25, 0.3) is 0 Å². The van der Waals surface area contributed by atoms with E-state index in [2.05, 4.69) is 20.5 Å². The number of piperidine rings is 1. The van der Waals surface area contributed by atoms with Crippen LogP contribution in [-0.2, 0) is 4.79 Å². The van der Waals surface area contributed by atoms with Crippen molar-refractivity contribution in [3.8, 4) is 0 Å². The van der Waals surface area contributed by atoms with Crippen LogP contribution in [0.1, 0.15) is 44.9 Å². The van der Waals surface area contributed by atoms with Gasteiger partial charge in [0.05, 0.1) is 0 Å². The summed E-state index contributed by atoms with van der Waals surface area (Å²) in [6, 6.07) is 0. The fraction of sp³-hybridized carbons (Fsp3) is 0.882. The highest BCUT2D eigenvalue weighted by atomic mass is 16.1. The number of carbonyl (C=O) groups excluding carboxylic acids is 1. The molecule has 2 saturated heterocycles. The minimum absolute atomic E-state index is 0.140. The average Bonchev–Trinajstić information content (AvgIpc) is 3.40. The zero-order valence-corrected chi connectivity index (χ0v) is 13.7. The Bertz CT molecular complexity index is 495. The lowest BCUT2D eigenvalue weighted by atomic mass is 9.79. The van der Waals surface area contributed by atoms with Crippen LogP contribution in [-0.4, -0.2) is 50.0 Å². The monoisotopic (exact) mass is 304 g/mol. The van der Waals surface area contributed by atoms with E-state index in [1.54, 1.807) is 0 Å². The van der Waals surface area contributed by atoms with Gasteiger partial charge in [0.15, 0.2) is 5.96 Å². The number of hydrogen-bond donors (Lipinski definition) is 2. The van der Waals surface area contributed by atoms with Gasteiger partial charge in [-0.3, -0.25) is 9.79 Å². The van der Waals surface area contributed by atoms with Crippen LogP contribution >= 0.6 is 0 Å². The van der Waals surface area contributed by atoms with Crippen molar-refractivity contribution in [1.29, 1.82) is 0 Å². The van der Waals surface area contributed by atoms with E-state index in [0.29, 0.717) is 11.8 Å². The number of nitrogens with one attached hydrogen (secondary N) is 2. The molecule has 4 fully saturated rings. The summed E-state index contributed by atoms with van der Waals surface area (Å²) >= 11 is 0. The van der Waals surface area contributed by atoms with E-state index >= 15 is 0 Å². The molecule has 0 aromatic heterocycles. The number of hydrogen-bond acceptors (Lipinski definition) is 2. The van der Waals surface area contributed by atoms with E-state index in [-0.39, 0.29) is 11.3 Å². The fourth-order valence-electron chi connectivity index (χ4n) is 4.60. The largest absolute Gasteiger partial charge is 0.356 e. The summed E-state index contributed by atoms with van der Waals surface area (Å²) in [5.41, 5.74) is 0.731. The van der Waals surface area contributed by atoms with Crippen LogP contribution in [0.3, 0.4) is 0 Å². The van der Waals surface area contributed by atoms with Crippen LogP contribution in [0.2, 0.25) is 0 Å². The van der Waals surface area contributed by atoms with Gasteiger partial charge in [-0.1, -0.05) is 0 Å². The van der Waals surface area contributed by atoms with E-state index in [0.717, 1.165) is 50.9 Å². The molecule has 122 valence electrons. The Morgan fingerprint density at radius 1 is 1.41 bits per heavy atom. The molecule has 0 radical (unpaired) electrons. The number of rotatable bonds is 3. The van der Waals surface area contributed by atoms with Crippen LogP contribution in [0, 0.1) is 16.7 Å². The molecule has 1 atom stereocenters. The van der Waals surface area contributed by atoms with Gasteiger partial charge in [0.1, 0.15) is 0 Å². The van der Waals surface area contributed by atoms with Gasteiger partial charge in [-0.05, 0) is 49.9 Å². The molecular weight excluding hydrogens is 276 g/mol. The van der Waals surface area contributed by atoms with Crippen LogP contribution in [0.25, 0.3) is 0 Å². The van der Waals surface area contributed by atoms with Gasteiger partial charge >= 0.3 is 0 Å². The van der Waals surface area contributed by atoms with E-state index in [1.807, 2.05) is 7.05 Å². The molecule has 1 unspecified atom stereocenters. The molecule has 1 amide bonds. The predicted molar refractivity (Wildman–Crippen MR) is 86.6 cm³/mol. The van der Waals surface area contributed by atoms with Crippen molar-refractivity contribution in [1.82, 2.24) is 15.5 Å². The van der Waals surface area contributed by atoms with Gasteiger partial charge in [0.2, 0.25) is 5.91 Å². The van der Waals surface area contributed by atoms with Crippen LogP contribution in [0.4, 0.5) is 0 Å². The average molecular weight is 304 g/mol. The lowest BCUT2D eigenvalue weighted by Crippen LogP contribution is -2.52. The number of guanidine groups is 1. The summed E-state index contributed by atoms with van der Waals surface area (Å²) in [5, 5.41) is 6.67. The second kappa shape index (κ2) is 5.14. The molecule has 1 spiro atoms. The summed E-state index contributed by atoms with van der Waals surface area (Å²) in [6.45, 7) is 3.95. The molecule has 5 heteroatoms. The van der Waals surface area contributed by atoms with Gasteiger partial charge in [-0.25, -0.2) is 0 Å². The smallest absolute Gasteiger partial charge is 0.220 e. The Morgan fingerprint density at radius 2 is 2.23 bits per heavy atom.